The van der Waals surface area contributed by atoms with E-state index in [1.807, 2.05) is 38.1 Å². The molecule has 8 heteroatoms. The molecule has 0 radical (unpaired) electrons. The number of aryl methyl sites for hydroxylation is 2. The topological polar surface area (TPSA) is 86.6 Å². The molecule has 0 N–H and O–H groups in total. The van der Waals surface area contributed by atoms with Crippen LogP contribution in [0.2, 0.25) is 0 Å². The Bertz CT molecular complexity index is 1420. The lowest BCUT2D eigenvalue weighted by molar-refractivity contribution is 0.0925. The molecule has 1 aliphatic rings. The molecule has 0 bridgehead atoms. The van der Waals surface area contributed by atoms with E-state index in [1.54, 1.807) is 22.9 Å². The second-order valence-corrected chi connectivity index (χ2v) is 7.51. The molecule has 2 amide bonds. The summed E-state index contributed by atoms with van der Waals surface area (Å²) < 4.78 is 12.4. The summed E-state index contributed by atoms with van der Waals surface area (Å²) in [6.07, 6.45) is 1.44. The SMILES string of the molecule is COc1ccc(OC)c(N2C(=O)c3cnc4c(c(C)nn4-c4ccccc4C)c3C2=O)c1. The lowest BCUT2D eigenvalue weighted by atomic mass is 10.1. The zero-order valence-electron chi connectivity index (χ0n) is 18.0. The van der Waals surface area contributed by atoms with Crippen LogP contribution in [0.25, 0.3) is 16.7 Å². The van der Waals surface area contributed by atoms with Crippen molar-refractivity contribution in [3.05, 3.63) is 71.0 Å². The van der Waals surface area contributed by atoms with Crippen molar-refractivity contribution in [1.29, 1.82) is 0 Å². The first-order valence-electron chi connectivity index (χ1n) is 10.0. The van der Waals surface area contributed by atoms with E-state index in [2.05, 4.69) is 10.1 Å². The molecule has 0 spiro atoms. The summed E-state index contributed by atoms with van der Waals surface area (Å²) in [6, 6.07) is 12.8. The molecule has 160 valence electrons. The van der Waals surface area contributed by atoms with Gasteiger partial charge in [-0.2, -0.15) is 5.10 Å². The van der Waals surface area contributed by atoms with Gasteiger partial charge in [0.05, 0.1) is 47.8 Å². The number of fused-ring (bicyclic) bond motifs is 3. The van der Waals surface area contributed by atoms with Crippen molar-refractivity contribution in [3.63, 3.8) is 0 Å². The van der Waals surface area contributed by atoms with Crippen LogP contribution in [0.3, 0.4) is 0 Å². The van der Waals surface area contributed by atoms with Crippen LogP contribution >= 0.6 is 0 Å². The number of carbonyl (C=O) groups excluding carboxylic acids is 2. The standard InChI is InChI=1S/C24H20N4O4/c1-13-7-5-6-8-17(13)28-22-20(14(2)26-28)21-16(12-25-22)23(29)27(24(21)30)18-11-15(31-3)9-10-19(18)32-4/h5-12H,1-4H3. The fourth-order valence-corrected chi connectivity index (χ4v) is 4.12. The number of methoxy groups -OCH3 is 2. The fraction of sp³-hybridized carbons (Fsp3) is 0.167. The van der Waals surface area contributed by atoms with Crippen LogP contribution < -0.4 is 14.4 Å². The maximum atomic E-state index is 13.6. The van der Waals surface area contributed by atoms with E-state index >= 15 is 0 Å². The molecule has 8 nitrogen and oxygen atoms in total. The molecule has 2 aromatic carbocycles. The van der Waals surface area contributed by atoms with Crippen LogP contribution in [0.1, 0.15) is 32.0 Å². The molecule has 5 rings (SSSR count). The molecule has 4 aromatic rings. The summed E-state index contributed by atoms with van der Waals surface area (Å²) in [4.78, 5) is 32.5. The number of anilines is 1. The van der Waals surface area contributed by atoms with Gasteiger partial charge in [-0.15, -0.1) is 0 Å². The minimum atomic E-state index is -0.464. The minimum absolute atomic E-state index is 0.236. The second-order valence-electron chi connectivity index (χ2n) is 7.51. The summed E-state index contributed by atoms with van der Waals surface area (Å²) in [5.41, 5.74) is 3.87. The minimum Gasteiger partial charge on any atom is -0.497 e. The number of carbonyl (C=O) groups is 2. The highest BCUT2D eigenvalue weighted by Crippen LogP contribution is 2.39. The molecule has 0 saturated heterocycles. The van der Waals surface area contributed by atoms with Crippen molar-refractivity contribution >= 4 is 28.5 Å². The highest BCUT2D eigenvalue weighted by Gasteiger charge is 2.41. The lowest BCUT2D eigenvalue weighted by Gasteiger charge is -2.18. The predicted molar refractivity (Wildman–Crippen MR) is 119 cm³/mol. The number of amides is 2. The van der Waals surface area contributed by atoms with Gasteiger partial charge in [0.25, 0.3) is 11.8 Å². The van der Waals surface area contributed by atoms with Gasteiger partial charge in [0.15, 0.2) is 5.65 Å². The predicted octanol–water partition coefficient (Wildman–Crippen LogP) is 3.86. The number of aromatic nitrogens is 3. The van der Waals surface area contributed by atoms with Crippen molar-refractivity contribution in [2.75, 3.05) is 19.1 Å². The number of hydrogen-bond acceptors (Lipinski definition) is 6. The average Bonchev–Trinajstić information content (AvgIpc) is 3.27. The molecule has 0 aliphatic carbocycles. The summed E-state index contributed by atoms with van der Waals surface area (Å²) in [7, 11) is 3.00. The van der Waals surface area contributed by atoms with Gasteiger partial charge in [0, 0.05) is 12.3 Å². The molecular formula is C24H20N4O4. The van der Waals surface area contributed by atoms with Gasteiger partial charge in [0.1, 0.15) is 11.5 Å². The first kappa shape index (κ1) is 19.7. The third-order valence-corrected chi connectivity index (χ3v) is 5.69. The molecule has 0 atom stereocenters. The Morgan fingerprint density at radius 1 is 0.906 bits per heavy atom. The molecule has 0 saturated carbocycles. The molecule has 0 fully saturated rings. The second kappa shape index (κ2) is 7.19. The third kappa shape index (κ3) is 2.69. The Balaban J connectivity index is 1.72. The number of pyridine rings is 1. The number of ether oxygens (including phenoxy) is 2. The maximum absolute atomic E-state index is 13.6. The van der Waals surface area contributed by atoms with Crippen molar-refractivity contribution in [2.45, 2.75) is 13.8 Å². The highest BCUT2D eigenvalue weighted by atomic mass is 16.5. The maximum Gasteiger partial charge on any atom is 0.267 e. The Labute approximate surface area is 184 Å². The number of benzene rings is 2. The molecule has 3 heterocycles. The first-order valence-corrected chi connectivity index (χ1v) is 10.0. The van der Waals surface area contributed by atoms with Gasteiger partial charge in [-0.05, 0) is 37.6 Å². The van der Waals surface area contributed by atoms with Crippen LogP contribution in [0, 0.1) is 13.8 Å². The van der Waals surface area contributed by atoms with Gasteiger partial charge in [-0.3, -0.25) is 9.59 Å². The van der Waals surface area contributed by atoms with Crippen molar-refractivity contribution in [3.8, 4) is 17.2 Å². The number of para-hydroxylation sites is 1. The van der Waals surface area contributed by atoms with Crippen LogP contribution in [-0.4, -0.2) is 40.8 Å². The number of hydrogen-bond donors (Lipinski definition) is 0. The Kier molecular flexibility index (Phi) is 4.44. The molecule has 0 unspecified atom stereocenters. The number of nitrogens with zero attached hydrogens (tertiary/aromatic N) is 4. The van der Waals surface area contributed by atoms with E-state index in [1.165, 1.54) is 20.4 Å². The molecular weight excluding hydrogens is 408 g/mol. The molecule has 32 heavy (non-hydrogen) atoms. The monoisotopic (exact) mass is 428 g/mol. The van der Waals surface area contributed by atoms with Gasteiger partial charge >= 0.3 is 0 Å². The van der Waals surface area contributed by atoms with Gasteiger partial charge in [-0.1, -0.05) is 18.2 Å². The van der Waals surface area contributed by atoms with E-state index in [9.17, 15) is 9.59 Å². The number of imide groups is 1. The first-order chi connectivity index (χ1) is 15.5. The van der Waals surface area contributed by atoms with Gasteiger partial charge < -0.3 is 9.47 Å². The largest absolute Gasteiger partial charge is 0.497 e. The Morgan fingerprint density at radius 3 is 2.41 bits per heavy atom. The summed E-state index contributed by atoms with van der Waals surface area (Å²) >= 11 is 0. The fourth-order valence-electron chi connectivity index (χ4n) is 4.12. The quantitative estimate of drug-likeness (QED) is 0.459. The smallest absolute Gasteiger partial charge is 0.267 e. The summed E-state index contributed by atoms with van der Waals surface area (Å²) in [6.45, 7) is 3.79. The molecule has 2 aromatic heterocycles. The average molecular weight is 428 g/mol. The Hall–Kier alpha value is -4.20. The summed E-state index contributed by atoms with van der Waals surface area (Å²) in [5, 5.41) is 5.21. The van der Waals surface area contributed by atoms with E-state index in [4.69, 9.17) is 9.47 Å². The lowest BCUT2D eigenvalue weighted by Crippen LogP contribution is -2.29. The van der Waals surface area contributed by atoms with Crippen LogP contribution in [-0.2, 0) is 0 Å². The van der Waals surface area contributed by atoms with E-state index in [0.717, 1.165) is 16.2 Å². The van der Waals surface area contributed by atoms with Gasteiger partial charge in [0.2, 0.25) is 0 Å². The van der Waals surface area contributed by atoms with Crippen molar-refractivity contribution in [2.24, 2.45) is 0 Å². The summed E-state index contributed by atoms with van der Waals surface area (Å²) in [5.74, 6) is -0.0219. The van der Waals surface area contributed by atoms with Crippen LogP contribution in [0.15, 0.2) is 48.7 Å². The normalized spacial score (nSPS) is 13.1. The zero-order valence-corrected chi connectivity index (χ0v) is 18.0. The van der Waals surface area contributed by atoms with E-state index in [-0.39, 0.29) is 5.56 Å². The van der Waals surface area contributed by atoms with Crippen molar-refractivity contribution in [1.82, 2.24) is 14.8 Å². The van der Waals surface area contributed by atoms with Crippen LogP contribution in [0.4, 0.5) is 5.69 Å². The third-order valence-electron chi connectivity index (χ3n) is 5.69. The highest BCUT2D eigenvalue weighted by molar-refractivity contribution is 6.37. The van der Waals surface area contributed by atoms with Crippen molar-refractivity contribution < 1.29 is 19.1 Å². The van der Waals surface area contributed by atoms with Gasteiger partial charge in [-0.25, -0.2) is 14.6 Å². The number of rotatable bonds is 4. The van der Waals surface area contributed by atoms with E-state index < -0.39 is 11.8 Å². The zero-order chi connectivity index (χ0) is 22.6. The van der Waals surface area contributed by atoms with E-state index in [0.29, 0.717) is 39.5 Å². The molecule has 1 aliphatic heterocycles. The Morgan fingerprint density at radius 2 is 1.69 bits per heavy atom. The van der Waals surface area contributed by atoms with Crippen LogP contribution in [0.5, 0.6) is 11.5 Å².